The Labute approximate surface area is 104 Å². The molecule has 2 N–H and O–H groups in total. The van der Waals surface area contributed by atoms with Gasteiger partial charge in [0.2, 0.25) is 0 Å². The molecule has 0 aliphatic carbocycles. The van der Waals surface area contributed by atoms with E-state index in [-0.39, 0.29) is 6.04 Å². The Hall–Kier alpha value is -0.840. The van der Waals surface area contributed by atoms with Crippen LogP contribution >= 0.6 is 22.9 Å². The molecule has 0 aliphatic rings. The van der Waals surface area contributed by atoms with Crippen LogP contribution in [-0.2, 0) is 6.54 Å². The number of rotatable bonds is 3. The predicted octanol–water partition coefficient (Wildman–Crippen LogP) is 2.97. The SMILES string of the molecule is CCn1nc(C)cc1C(N)c1ccc(Cl)s1. The minimum atomic E-state index is -0.140. The van der Waals surface area contributed by atoms with Crippen molar-refractivity contribution in [2.75, 3.05) is 0 Å². The number of nitrogens with two attached hydrogens (primary N) is 1. The van der Waals surface area contributed by atoms with Crippen molar-refractivity contribution in [1.82, 2.24) is 9.78 Å². The minimum absolute atomic E-state index is 0.140. The average Bonchev–Trinajstić information content (AvgIpc) is 2.83. The fourth-order valence-electron chi connectivity index (χ4n) is 1.71. The molecule has 0 amide bonds. The van der Waals surface area contributed by atoms with Crippen LogP contribution in [0.3, 0.4) is 0 Å². The molecular weight excluding hydrogens is 242 g/mol. The normalized spacial score (nSPS) is 13.0. The lowest BCUT2D eigenvalue weighted by Crippen LogP contribution is -2.15. The molecule has 0 fully saturated rings. The summed E-state index contributed by atoms with van der Waals surface area (Å²) in [4.78, 5) is 1.07. The summed E-state index contributed by atoms with van der Waals surface area (Å²) in [6.07, 6.45) is 0. The average molecular weight is 256 g/mol. The monoisotopic (exact) mass is 255 g/mol. The van der Waals surface area contributed by atoms with Crippen LogP contribution in [0.5, 0.6) is 0 Å². The Morgan fingerprint density at radius 1 is 1.56 bits per heavy atom. The summed E-state index contributed by atoms with van der Waals surface area (Å²) in [5.74, 6) is 0. The second-order valence-electron chi connectivity index (χ2n) is 3.65. The third kappa shape index (κ3) is 2.14. The first-order chi connectivity index (χ1) is 7.61. The molecule has 0 saturated carbocycles. The first-order valence-corrected chi connectivity index (χ1v) is 6.36. The van der Waals surface area contributed by atoms with Crippen molar-refractivity contribution in [3.05, 3.63) is 38.8 Å². The fourth-order valence-corrected chi connectivity index (χ4v) is 2.79. The van der Waals surface area contributed by atoms with E-state index in [4.69, 9.17) is 17.3 Å². The topological polar surface area (TPSA) is 43.8 Å². The molecule has 2 aromatic rings. The number of nitrogens with zero attached hydrogens (tertiary/aromatic N) is 2. The summed E-state index contributed by atoms with van der Waals surface area (Å²) in [7, 11) is 0. The Morgan fingerprint density at radius 3 is 2.88 bits per heavy atom. The van der Waals surface area contributed by atoms with Gasteiger partial charge >= 0.3 is 0 Å². The van der Waals surface area contributed by atoms with Gasteiger partial charge in [-0.1, -0.05) is 11.6 Å². The van der Waals surface area contributed by atoms with Crippen molar-refractivity contribution >= 4 is 22.9 Å². The Balaban J connectivity index is 2.36. The Bertz CT molecular complexity index is 489. The molecule has 0 saturated heterocycles. The molecule has 2 rings (SSSR count). The van der Waals surface area contributed by atoms with E-state index in [1.807, 2.05) is 29.8 Å². The zero-order chi connectivity index (χ0) is 11.7. The summed E-state index contributed by atoms with van der Waals surface area (Å²) >= 11 is 7.43. The van der Waals surface area contributed by atoms with Crippen LogP contribution < -0.4 is 5.73 Å². The molecule has 2 aromatic heterocycles. The van der Waals surface area contributed by atoms with Gasteiger partial charge in [0.25, 0.3) is 0 Å². The van der Waals surface area contributed by atoms with Gasteiger partial charge in [-0.25, -0.2) is 0 Å². The van der Waals surface area contributed by atoms with E-state index in [1.165, 1.54) is 11.3 Å². The van der Waals surface area contributed by atoms with Crippen LogP contribution in [0.2, 0.25) is 4.34 Å². The standard InChI is InChI=1S/C11H14ClN3S/c1-3-15-8(6-7(2)14-15)11(13)9-4-5-10(12)16-9/h4-6,11H,3,13H2,1-2H3. The first kappa shape index (κ1) is 11.6. The molecule has 3 nitrogen and oxygen atoms in total. The van der Waals surface area contributed by atoms with Gasteiger partial charge in [0.05, 0.1) is 21.8 Å². The van der Waals surface area contributed by atoms with Gasteiger partial charge in [-0.15, -0.1) is 11.3 Å². The van der Waals surface area contributed by atoms with Crippen LogP contribution in [0.25, 0.3) is 0 Å². The maximum atomic E-state index is 6.21. The predicted molar refractivity (Wildman–Crippen MR) is 68.0 cm³/mol. The molecule has 16 heavy (non-hydrogen) atoms. The molecule has 0 aromatic carbocycles. The molecule has 5 heteroatoms. The van der Waals surface area contributed by atoms with E-state index in [1.54, 1.807) is 0 Å². The summed E-state index contributed by atoms with van der Waals surface area (Å²) in [5, 5.41) is 4.39. The second-order valence-corrected chi connectivity index (χ2v) is 5.39. The van der Waals surface area contributed by atoms with Crippen LogP contribution in [-0.4, -0.2) is 9.78 Å². The molecule has 0 bridgehead atoms. The Morgan fingerprint density at radius 2 is 2.31 bits per heavy atom. The lowest BCUT2D eigenvalue weighted by atomic mass is 10.2. The van der Waals surface area contributed by atoms with Crippen LogP contribution in [0.15, 0.2) is 18.2 Å². The summed E-state index contributed by atoms with van der Waals surface area (Å²) in [5.41, 5.74) is 8.25. The maximum Gasteiger partial charge on any atom is 0.0931 e. The van der Waals surface area contributed by atoms with E-state index in [2.05, 4.69) is 12.0 Å². The van der Waals surface area contributed by atoms with Crippen LogP contribution in [0.1, 0.15) is 29.2 Å². The highest BCUT2D eigenvalue weighted by Crippen LogP contribution is 2.29. The molecule has 1 unspecified atom stereocenters. The van der Waals surface area contributed by atoms with Gasteiger partial charge in [-0.2, -0.15) is 5.10 Å². The fraction of sp³-hybridized carbons (Fsp3) is 0.364. The number of aromatic nitrogens is 2. The highest BCUT2D eigenvalue weighted by molar-refractivity contribution is 7.16. The van der Waals surface area contributed by atoms with Crippen molar-refractivity contribution in [1.29, 1.82) is 0 Å². The molecule has 0 aliphatic heterocycles. The van der Waals surface area contributed by atoms with Crippen LogP contribution in [0, 0.1) is 6.92 Å². The van der Waals surface area contributed by atoms with Crippen molar-refractivity contribution in [3.63, 3.8) is 0 Å². The third-order valence-electron chi connectivity index (χ3n) is 2.45. The van der Waals surface area contributed by atoms with Gasteiger partial charge in [0, 0.05) is 11.4 Å². The summed E-state index contributed by atoms with van der Waals surface area (Å²) in [6, 6.07) is 5.74. The molecule has 0 radical (unpaired) electrons. The van der Waals surface area contributed by atoms with Crippen LogP contribution in [0.4, 0.5) is 0 Å². The van der Waals surface area contributed by atoms with Crippen molar-refractivity contribution in [3.8, 4) is 0 Å². The molecule has 2 heterocycles. The van der Waals surface area contributed by atoms with Gasteiger partial charge < -0.3 is 5.73 Å². The second kappa shape index (κ2) is 4.57. The lowest BCUT2D eigenvalue weighted by molar-refractivity contribution is 0.600. The molecule has 0 spiro atoms. The molecule has 86 valence electrons. The van der Waals surface area contributed by atoms with Gasteiger partial charge in [-0.05, 0) is 32.0 Å². The van der Waals surface area contributed by atoms with E-state index < -0.39 is 0 Å². The Kier molecular flexibility index (Phi) is 3.33. The lowest BCUT2D eigenvalue weighted by Gasteiger charge is -2.11. The zero-order valence-corrected chi connectivity index (χ0v) is 10.8. The van der Waals surface area contributed by atoms with Crippen molar-refractivity contribution in [2.24, 2.45) is 5.73 Å². The summed E-state index contributed by atoms with van der Waals surface area (Å²) in [6.45, 7) is 4.86. The summed E-state index contributed by atoms with van der Waals surface area (Å²) < 4.78 is 2.71. The highest BCUT2D eigenvalue weighted by Gasteiger charge is 2.16. The third-order valence-corrected chi connectivity index (χ3v) is 3.77. The van der Waals surface area contributed by atoms with Gasteiger partial charge in [0.1, 0.15) is 0 Å². The van der Waals surface area contributed by atoms with Gasteiger partial charge in [-0.3, -0.25) is 4.68 Å². The van der Waals surface area contributed by atoms with E-state index >= 15 is 0 Å². The molecule has 1 atom stereocenters. The maximum absolute atomic E-state index is 6.21. The minimum Gasteiger partial charge on any atom is -0.318 e. The zero-order valence-electron chi connectivity index (χ0n) is 9.27. The van der Waals surface area contributed by atoms with Crippen molar-refractivity contribution < 1.29 is 0 Å². The van der Waals surface area contributed by atoms with Crippen molar-refractivity contribution in [2.45, 2.75) is 26.4 Å². The van der Waals surface area contributed by atoms with E-state index in [0.29, 0.717) is 0 Å². The highest BCUT2D eigenvalue weighted by atomic mass is 35.5. The smallest absolute Gasteiger partial charge is 0.0931 e. The van der Waals surface area contributed by atoms with E-state index in [0.717, 1.165) is 27.1 Å². The quantitative estimate of drug-likeness (QED) is 0.916. The van der Waals surface area contributed by atoms with E-state index in [9.17, 15) is 0 Å². The largest absolute Gasteiger partial charge is 0.318 e. The number of halogens is 1. The molecular formula is C11H14ClN3S. The first-order valence-electron chi connectivity index (χ1n) is 5.17. The number of hydrogen-bond donors (Lipinski definition) is 1. The number of thiophene rings is 1. The number of hydrogen-bond acceptors (Lipinski definition) is 3. The number of aryl methyl sites for hydroxylation is 2. The van der Waals surface area contributed by atoms with Gasteiger partial charge in [0.15, 0.2) is 0 Å².